The second-order valence-corrected chi connectivity index (χ2v) is 10.3. The Labute approximate surface area is 219 Å². The largest absolute Gasteiger partial charge is 0.494 e. The average molecular weight is 522 g/mol. The SMILES string of the molecule is Cc1ccc(N2C(=O)c3oc4ccc(Cl)cc4c(=O)c3C2c2cccc(OCCC(C)C)c2)cc1Cl. The van der Waals surface area contributed by atoms with Crippen molar-refractivity contribution in [2.45, 2.75) is 33.2 Å². The van der Waals surface area contributed by atoms with Gasteiger partial charge in [0.2, 0.25) is 5.76 Å². The van der Waals surface area contributed by atoms with Crippen molar-refractivity contribution in [1.82, 2.24) is 0 Å². The van der Waals surface area contributed by atoms with E-state index >= 15 is 0 Å². The molecule has 1 amide bonds. The molecule has 184 valence electrons. The minimum absolute atomic E-state index is 0.0163. The van der Waals surface area contributed by atoms with Gasteiger partial charge in [0.15, 0.2) is 5.43 Å². The number of rotatable bonds is 6. The Morgan fingerprint density at radius 3 is 2.58 bits per heavy atom. The minimum atomic E-state index is -0.723. The van der Waals surface area contributed by atoms with E-state index in [1.54, 1.807) is 29.2 Å². The van der Waals surface area contributed by atoms with E-state index in [0.29, 0.717) is 45.0 Å². The van der Waals surface area contributed by atoms with Crippen LogP contribution < -0.4 is 15.1 Å². The van der Waals surface area contributed by atoms with Crippen LogP contribution in [0.5, 0.6) is 5.75 Å². The summed E-state index contributed by atoms with van der Waals surface area (Å²) in [5, 5.41) is 1.27. The summed E-state index contributed by atoms with van der Waals surface area (Å²) < 4.78 is 12.0. The van der Waals surface area contributed by atoms with Crippen molar-refractivity contribution >= 4 is 45.8 Å². The molecular formula is C29H25Cl2NO4. The van der Waals surface area contributed by atoms with Crippen molar-refractivity contribution in [3.63, 3.8) is 0 Å². The fourth-order valence-electron chi connectivity index (χ4n) is 4.45. The summed E-state index contributed by atoms with van der Waals surface area (Å²) in [6, 6.07) is 17.0. The number of amides is 1. The van der Waals surface area contributed by atoms with Crippen molar-refractivity contribution < 1.29 is 13.9 Å². The third-order valence-corrected chi connectivity index (χ3v) is 7.05. The van der Waals surface area contributed by atoms with Crippen LogP contribution >= 0.6 is 23.2 Å². The van der Waals surface area contributed by atoms with E-state index < -0.39 is 11.9 Å². The van der Waals surface area contributed by atoms with Crippen LogP contribution in [0.3, 0.4) is 0 Å². The van der Waals surface area contributed by atoms with E-state index in [0.717, 1.165) is 17.5 Å². The smallest absolute Gasteiger partial charge is 0.295 e. The van der Waals surface area contributed by atoms with Gasteiger partial charge in [0.05, 0.1) is 23.6 Å². The summed E-state index contributed by atoms with van der Waals surface area (Å²) in [5.41, 5.74) is 2.47. The number of hydrogen-bond donors (Lipinski definition) is 0. The Morgan fingerprint density at radius 2 is 1.83 bits per heavy atom. The standard InChI is InChI=1S/C29H25Cl2NO4/c1-16(2)11-12-35-21-6-4-5-18(13-21)26-25-27(33)22-14-19(30)8-10-24(22)36-28(25)29(34)32(26)20-9-7-17(3)23(31)15-20/h4-10,13-16,26H,11-12H2,1-3H3. The number of anilines is 1. The van der Waals surface area contributed by atoms with Crippen molar-refractivity contribution in [2.75, 3.05) is 11.5 Å². The number of halogens is 2. The number of benzene rings is 3. The lowest BCUT2D eigenvalue weighted by Crippen LogP contribution is -2.29. The second-order valence-electron chi connectivity index (χ2n) is 9.43. The molecule has 1 aliphatic heterocycles. The van der Waals surface area contributed by atoms with Gasteiger partial charge < -0.3 is 9.15 Å². The molecule has 0 fully saturated rings. The first kappa shape index (κ1) is 24.4. The number of hydrogen-bond acceptors (Lipinski definition) is 4. The van der Waals surface area contributed by atoms with Crippen molar-refractivity contribution in [3.8, 4) is 5.75 Å². The Hall–Kier alpha value is -3.28. The molecule has 5 rings (SSSR count). The average Bonchev–Trinajstić information content (AvgIpc) is 3.14. The van der Waals surface area contributed by atoms with E-state index in [9.17, 15) is 9.59 Å². The van der Waals surface area contributed by atoms with Crippen LogP contribution in [0.4, 0.5) is 5.69 Å². The van der Waals surface area contributed by atoms with Gasteiger partial charge in [0.1, 0.15) is 11.3 Å². The van der Waals surface area contributed by atoms with Crippen LogP contribution in [0.2, 0.25) is 10.0 Å². The molecule has 1 atom stereocenters. The predicted octanol–water partition coefficient (Wildman–Crippen LogP) is 7.58. The maximum absolute atomic E-state index is 13.8. The molecule has 1 aliphatic rings. The highest BCUT2D eigenvalue weighted by molar-refractivity contribution is 6.32. The van der Waals surface area contributed by atoms with E-state index in [1.165, 1.54) is 0 Å². The zero-order valence-corrected chi connectivity index (χ0v) is 21.7. The highest BCUT2D eigenvalue weighted by atomic mass is 35.5. The summed E-state index contributed by atoms with van der Waals surface area (Å²) in [5.74, 6) is 0.792. The molecule has 4 aromatic rings. The van der Waals surface area contributed by atoms with E-state index in [1.807, 2.05) is 43.3 Å². The molecule has 0 saturated heterocycles. The summed E-state index contributed by atoms with van der Waals surface area (Å²) in [4.78, 5) is 29.1. The Morgan fingerprint density at radius 1 is 1.03 bits per heavy atom. The molecule has 0 spiro atoms. The summed E-state index contributed by atoms with van der Waals surface area (Å²) in [6.07, 6.45) is 0.916. The third-order valence-electron chi connectivity index (χ3n) is 6.40. The number of carbonyl (C=O) groups is 1. The molecule has 1 aromatic heterocycles. The molecule has 7 heteroatoms. The highest BCUT2D eigenvalue weighted by Gasteiger charge is 2.44. The zero-order valence-electron chi connectivity index (χ0n) is 20.2. The first-order valence-electron chi connectivity index (χ1n) is 11.8. The fraction of sp³-hybridized carbons (Fsp3) is 0.241. The molecule has 2 heterocycles. The molecule has 5 nitrogen and oxygen atoms in total. The molecule has 3 aromatic carbocycles. The highest BCUT2D eigenvalue weighted by Crippen LogP contribution is 2.42. The van der Waals surface area contributed by atoms with Gasteiger partial charge in [-0.1, -0.05) is 55.2 Å². The fourth-order valence-corrected chi connectivity index (χ4v) is 4.79. The number of ether oxygens (including phenoxy) is 1. The molecule has 36 heavy (non-hydrogen) atoms. The third kappa shape index (κ3) is 4.38. The van der Waals surface area contributed by atoms with Crippen molar-refractivity contribution in [1.29, 1.82) is 0 Å². The normalized spacial score (nSPS) is 15.1. The minimum Gasteiger partial charge on any atom is -0.494 e. The second kappa shape index (κ2) is 9.64. The van der Waals surface area contributed by atoms with Crippen molar-refractivity contribution in [3.05, 3.63) is 103 Å². The number of nitrogens with zero attached hydrogens (tertiary/aromatic N) is 1. The van der Waals surface area contributed by atoms with Gasteiger partial charge in [0, 0.05) is 15.7 Å². The molecule has 0 aliphatic carbocycles. The molecule has 1 unspecified atom stereocenters. The Bertz CT molecular complexity index is 1540. The first-order valence-corrected chi connectivity index (χ1v) is 12.6. The zero-order chi connectivity index (χ0) is 25.6. The van der Waals surface area contributed by atoms with Gasteiger partial charge >= 0.3 is 0 Å². The lowest BCUT2D eigenvalue weighted by Gasteiger charge is -2.26. The maximum atomic E-state index is 13.8. The Balaban J connectivity index is 1.70. The van der Waals surface area contributed by atoms with Gasteiger partial charge in [-0.25, -0.2) is 0 Å². The summed E-state index contributed by atoms with van der Waals surface area (Å²) in [6.45, 7) is 6.75. The monoisotopic (exact) mass is 521 g/mol. The molecular weight excluding hydrogens is 497 g/mol. The molecule has 0 N–H and O–H groups in total. The summed E-state index contributed by atoms with van der Waals surface area (Å²) in [7, 11) is 0. The quantitative estimate of drug-likeness (QED) is 0.262. The number of carbonyl (C=O) groups excluding carboxylic acids is 1. The number of aryl methyl sites for hydroxylation is 1. The first-order chi connectivity index (χ1) is 17.2. The van der Waals surface area contributed by atoms with Gasteiger partial charge in [-0.3, -0.25) is 14.5 Å². The van der Waals surface area contributed by atoms with Crippen LogP contribution in [-0.4, -0.2) is 12.5 Å². The van der Waals surface area contributed by atoms with Crippen LogP contribution in [0, 0.1) is 12.8 Å². The molecule has 0 bridgehead atoms. The molecule has 0 radical (unpaired) electrons. The van der Waals surface area contributed by atoms with Gasteiger partial charge in [-0.15, -0.1) is 0 Å². The predicted molar refractivity (Wildman–Crippen MR) is 144 cm³/mol. The topological polar surface area (TPSA) is 59.8 Å². The summed E-state index contributed by atoms with van der Waals surface area (Å²) >= 11 is 12.6. The Kier molecular flexibility index (Phi) is 6.54. The maximum Gasteiger partial charge on any atom is 0.295 e. The van der Waals surface area contributed by atoms with Crippen LogP contribution in [-0.2, 0) is 0 Å². The molecule has 0 saturated carbocycles. The van der Waals surface area contributed by atoms with Gasteiger partial charge in [0.25, 0.3) is 5.91 Å². The lowest BCUT2D eigenvalue weighted by atomic mass is 9.98. The van der Waals surface area contributed by atoms with Crippen LogP contribution in [0.15, 0.2) is 69.9 Å². The lowest BCUT2D eigenvalue weighted by molar-refractivity contribution is 0.0971. The van der Waals surface area contributed by atoms with Gasteiger partial charge in [-0.05, 0) is 72.9 Å². The van der Waals surface area contributed by atoms with E-state index in [2.05, 4.69) is 13.8 Å². The van der Waals surface area contributed by atoms with Crippen LogP contribution in [0.25, 0.3) is 11.0 Å². The number of fused-ring (bicyclic) bond motifs is 2. The van der Waals surface area contributed by atoms with E-state index in [4.69, 9.17) is 32.4 Å². The van der Waals surface area contributed by atoms with E-state index in [-0.39, 0.29) is 16.8 Å². The van der Waals surface area contributed by atoms with Gasteiger partial charge in [-0.2, -0.15) is 0 Å². The van der Waals surface area contributed by atoms with Crippen molar-refractivity contribution in [2.24, 2.45) is 5.92 Å². The van der Waals surface area contributed by atoms with Crippen LogP contribution in [0.1, 0.15) is 53.6 Å².